The van der Waals surface area contributed by atoms with Crippen molar-refractivity contribution in [3.63, 3.8) is 0 Å². The normalized spacial score (nSPS) is 23.3. The highest BCUT2D eigenvalue weighted by atomic mass is 31.1. The lowest BCUT2D eigenvalue weighted by Gasteiger charge is -1.88. The van der Waals surface area contributed by atoms with Gasteiger partial charge in [0.2, 0.25) is 0 Å². The fourth-order valence-corrected chi connectivity index (χ4v) is 2.05. The highest BCUT2D eigenvalue weighted by Gasteiger charge is 1.98. The van der Waals surface area contributed by atoms with E-state index in [1.54, 1.807) is 5.57 Å². The van der Waals surface area contributed by atoms with E-state index in [1.807, 2.05) is 0 Å². The molecule has 0 N–H and O–H groups in total. The van der Waals surface area contributed by atoms with E-state index < -0.39 is 0 Å². The molecule has 1 heterocycles. The van der Waals surface area contributed by atoms with Crippen molar-refractivity contribution in [1.82, 2.24) is 0 Å². The van der Waals surface area contributed by atoms with Gasteiger partial charge in [0.25, 0.3) is 0 Å². The molecule has 1 atom stereocenters. The molecule has 0 aromatic carbocycles. The molecule has 7 heavy (non-hydrogen) atoms. The quantitative estimate of drug-likeness (QED) is 0.459. The minimum atomic E-state index is 1.13. The third-order valence-electron chi connectivity index (χ3n) is 1.35. The second kappa shape index (κ2) is 2.47. The molecule has 1 heteroatoms. The Kier molecular flexibility index (Phi) is 1.87. The lowest BCUT2D eigenvalue weighted by atomic mass is 10.2. The minimum absolute atomic E-state index is 1.13. The van der Waals surface area contributed by atoms with E-state index in [4.69, 9.17) is 0 Å². The number of rotatable bonds is 1. The van der Waals surface area contributed by atoms with Crippen LogP contribution >= 0.6 is 8.58 Å². The second-order valence-electron chi connectivity index (χ2n) is 1.86. The van der Waals surface area contributed by atoms with Gasteiger partial charge in [0.1, 0.15) is 0 Å². The zero-order valence-corrected chi connectivity index (χ0v) is 5.70. The SMILES string of the molecule is CCC1=CPCC1. The third kappa shape index (κ3) is 1.28. The number of hydrogen-bond acceptors (Lipinski definition) is 0. The van der Waals surface area contributed by atoms with Crippen molar-refractivity contribution in [2.45, 2.75) is 19.8 Å². The van der Waals surface area contributed by atoms with Crippen LogP contribution in [0, 0.1) is 0 Å². The summed E-state index contributed by atoms with van der Waals surface area (Å²) in [5, 5.41) is 0. The predicted octanol–water partition coefficient (Wildman–Crippen LogP) is 2.36. The van der Waals surface area contributed by atoms with Gasteiger partial charge in [-0.05, 0) is 19.0 Å². The highest BCUT2D eigenvalue weighted by molar-refractivity contribution is 7.42. The van der Waals surface area contributed by atoms with Crippen LogP contribution in [0.5, 0.6) is 0 Å². The summed E-state index contributed by atoms with van der Waals surface area (Å²) in [7, 11) is 1.13. The fourth-order valence-electron chi connectivity index (χ4n) is 0.800. The molecule has 1 aliphatic heterocycles. The number of hydrogen-bond donors (Lipinski definition) is 0. The van der Waals surface area contributed by atoms with Crippen LogP contribution in [0.4, 0.5) is 0 Å². The molecule has 0 bridgehead atoms. The van der Waals surface area contributed by atoms with E-state index in [-0.39, 0.29) is 0 Å². The Morgan fingerprint density at radius 1 is 1.86 bits per heavy atom. The van der Waals surface area contributed by atoms with Gasteiger partial charge in [-0.1, -0.05) is 26.9 Å². The smallest absolute Gasteiger partial charge is 0.0277 e. The number of allylic oxidation sites excluding steroid dienone is 1. The first-order chi connectivity index (χ1) is 3.43. The lowest BCUT2D eigenvalue weighted by molar-refractivity contribution is 1.01. The summed E-state index contributed by atoms with van der Waals surface area (Å²) in [5.41, 5.74) is 1.68. The van der Waals surface area contributed by atoms with Gasteiger partial charge in [0, 0.05) is 0 Å². The first kappa shape index (κ1) is 5.31. The van der Waals surface area contributed by atoms with Crippen LogP contribution in [-0.2, 0) is 0 Å². The van der Waals surface area contributed by atoms with Crippen molar-refractivity contribution in [2.24, 2.45) is 0 Å². The first-order valence-electron chi connectivity index (χ1n) is 2.85. The maximum absolute atomic E-state index is 2.40. The van der Waals surface area contributed by atoms with E-state index >= 15 is 0 Å². The molecule has 0 saturated carbocycles. The average molecular weight is 114 g/mol. The maximum Gasteiger partial charge on any atom is -0.0277 e. The summed E-state index contributed by atoms with van der Waals surface area (Å²) in [4.78, 5) is 0. The largest absolute Gasteiger partial charge is 0.0981 e. The van der Waals surface area contributed by atoms with Crippen LogP contribution < -0.4 is 0 Å². The molecule has 0 saturated heterocycles. The Morgan fingerprint density at radius 3 is 3.00 bits per heavy atom. The van der Waals surface area contributed by atoms with Crippen LogP contribution in [0.25, 0.3) is 0 Å². The molecular weight excluding hydrogens is 103 g/mol. The van der Waals surface area contributed by atoms with E-state index in [0.717, 1.165) is 8.58 Å². The molecule has 0 aromatic heterocycles. The summed E-state index contributed by atoms with van der Waals surface area (Å²) in [6.07, 6.45) is 4.10. The highest BCUT2D eigenvalue weighted by Crippen LogP contribution is 2.28. The monoisotopic (exact) mass is 114 g/mol. The fraction of sp³-hybridized carbons (Fsp3) is 0.667. The molecule has 0 aromatic rings. The topological polar surface area (TPSA) is 0 Å². The molecule has 40 valence electrons. The molecule has 1 rings (SSSR count). The van der Waals surface area contributed by atoms with E-state index in [0.29, 0.717) is 0 Å². The zero-order valence-electron chi connectivity index (χ0n) is 4.70. The van der Waals surface area contributed by atoms with Gasteiger partial charge in [0.15, 0.2) is 0 Å². The van der Waals surface area contributed by atoms with Gasteiger partial charge in [-0.2, -0.15) is 0 Å². The van der Waals surface area contributed by atoms with Gasteiger partial charge in [-0.15, -0.1) is 0 Å². The third-order valence-corrected chi connectivity index (χ3v) is 2.50. The Hall–Kier alpha value is 0.170. The summed E-state index contributed by atoms with van der Waals surface area (Å²) in [5.74, 6) is 2.40. The summed E-state index contributed by atoms with van der Waals surface area (Å²) in [6.45, 7) is 2.24. The van der Waals surface area contributed by atoms with E-state index in [1.165, 1.54) is 19.0 Å². The average Bonchev–Trinajstić information content (AvgIpc) is 2.14. The molecule has 0 radical (unpaired) electrons. The van der Waals surface area contributed by atoms with Crippen LogP contribution in [0.3, 0.4) is 0 Å². The summed E-state index contributed by atoms with van der Waals surface area (Å²) in [6, 6.07) is 0. The molecule has 1 unspecified atom stereocenters. The summed E-state index contributed by atoms with van der Waals surface area (Å²) < 4.78 is 0. The molecule has 0 amide bonds. The van der Waals surface area contributed by atoms with Crippen molar-refractivity contribution >= 4 is 8.58 Å². The molecular formula is C6H11P. The van der Waals surface area contributed by atoms with Crippen LogP contribution in [0.2, 0.25) is 0 Å². The van der Waals surface area contributed by atoms with Gasteiger partial charge in [-0.3, -0.25) is 0 Å². The lowest BCUT2D eigenvalue weighted by Crippen LogP contribution is -1.72. The minimum Gasteiger partial charge on any atom is -0.0981 e. The van der Waals surface area contributed by atoms with Crippen LogP contribution in [-0.4, -0.2) is 6.16 Å². The van der Waals surface area contributed by atoms with Crippen molar-refractivity contribution in [3.8, 4) is 0 Å². The Bertz CT molecular complexity index is 84.2. The molecule has 0 fully saturated rings. The van der Waals surface area contributed by atoms with Crippen molar-refractivity contribution < 1.29 is 0 Å². The van der Waals surface area contributed by atoms with Crippen molar-refractivity contribution in [2.75, 3.05) is 6.16 Å². The van der Waals surface area contributed by atoms with Gasteiger partial charge < -0.3 is 0 Å². The van der Waals surface area contributed by atoms with E-state index in [2.05, 4.69) is 12.7 Å². The zero-order chi connectivity index (χ0) is 5.11. The van der Waals surface area contributed by atoms with Crippen LogP contribution in [0.1, 0.15) is 19.8 Å². The van der Waals surface area contributed by atoms with Gasteiger partial charge in [0.05, 0.1) is 0 Å². The Balaban J connectivity index is 2.36. The molecule has 0 nitrogen and oxygen atoms in total. The Labute approximate surface area is 46.8 Å². The molecule has 0 aliphatic carbocycles. The molecule has 0 spiro atoms. The van der Waals surface area contributed by atoms with Gasteiger partial charge >= 0.3 is 0 Å². The van der Waals surface area contributed by atoms with Crippen molar-refractivity contribution in [3.05, 3.63) is 11.4 Å². The Morgan fingerprint density at radius 2 is 2.71 bits per heavy atom. The van der Waals surface area contributed by atoms with Crippen molar-refractivity contribution in [1.29, 1.82) is 0 Å². The van der Waals surface area contributed by atoms with Gasteiger partial charge in [-0.25, -0.2) is 0 Å². The van der Waals surface area contributed by atoms with Crippen LogP contribution in [0.15, 0.2) is 11.4 Å². The summed E-state index contributed by atoms with van der Waals surface area (Å²) >= 11 is 0. The second-order valence-corrected chi connectivity index (χ2v) is 3.06. The maximum atomic E-state index is 2.40. The first-order valence-corrected chi connectivity index (χ1v) is 4.13. The van der Waals surface area contributed by atoms with E-state index in [9.17, 15) is 0 Å². The molecule has 1 aliphatic rings. The standard InChI is InChI=1S/C6H11P/c1-2-6-3-4-7-5-6/h5,7H,2-4H2,1H3. The predicted molar refractivity (Wildman–Crippen MR) is 36.2 cm³/mol.